The van der Waals surface area contributed by atoms with Gasteiger partial charge in [-0.25, -0.2) is 0 Å². The van der Waals surface area contributed by atoms with Crippen molar-refractivity contribution in [1.29, 1.82) is 0 Å². The first kappa shape index (κ1) is 29.4. The number of nitrogens with one attached hydrogen (secondary N) is 3. The summed E-state index contributed by atoms with van der Waals surface area (Å²) >= 11 is 0. The zero-order valence-corrected chi connectivity index (χ0v) is 22.9. The highest BCUT2D eigenvalue weighted by molar-refractivity contribution is 6.07. The van der Waals surface area contributed by atoms with Gasteiger partial charge in [-0.15, -0.1) is 0 Å². The smallest absolute Gasteiger partial charge is 0.367 e. The average Bonchev–Trinajstić information content (AvgIpc) is 2.93. The summed E-state index contributed by atoms with van der Waals surface area (Å²) in [6, 6.07) is 12.6. The van der Waals surface area contributed by atoms with Gasteiger partial charge >= 0.3 is 6.18 Å². The van der Waals surface area contributed by atoms with Crippen LogP contribution < -0.4 is 21.1 Å². The van der Waals surface area contributed by atoms with Crippen LogP contribution in [-0.4, -0.2) is 61.0 Å². The number of hydrogen-bond acceptors (Lipinski definition) is 5. The largest absolute Gasteiger partial charge is 0.417 e. The molecule has 11 heteroatoms. The van der Waals surface area contributed by atoms with E-state index in [4.69, 9.17) is 0 Å². The third-order valence-corrected chi connectivity index (χ3v) is 6.83. The zero-order valence-electron chi connectivity index (χ0n) is 22.9. The molecule has 2 aromatic carbocycles. The number of benzene rings is 2. The maximum Gasteiger partial charge on any atom is 0.417 e. The number of aromatic amines is 1. The van der Waals surface area contributed by atoms with Crippen LogP contribution in [0.2, 0.25) is 0 Å². The normalized spacial score (nSPS) is 15.6. The van der Waals surface area contributed by atoms with Crippen LogP contribution in [0, 0.1) is 11.8 Å². The maximum atomic E-state index is 13.6. The Balaban J connectivity index is 1.71. The second-order valence-electron chi connectivity index (χ2n) is 9.77. The lowest BCUT2D eigenvalue weighted by molar-refractivity contribution is -0.138. The molecule has 1 aliphatic rings. The molecule has 2 amide bonds. The fourth-order valence-corrected chi connectivity index (χ4v) is 4.49. The van der Waals surface area contributed by atoms with Gasteiger partial charge in [0.2, 0.25) is 5.56 Å². The van der Waals surface area contributed by atoms with Crippen molar-refractivity contribution >= 4 is 23.2 Å². The summed E-state index contributed by atoms with van der Waals surface area (Å²) in [6.45, 7) is 6.43. The van der Waals surface area contributed by atoms with Gasteiger partial charge in [-0.2, -0.15) is 13.2 Å². The maximum absolute atomic E-state index is 13.6. The van der Waals surface area contributed by atoms with Gasteiger partial charge in [0.15, 0.2) is 0 Å². The number of anilines is 2. The molecule has 0 unspecified atom stereocenters. The van der Waals surface area contributed by atoms with Crippen LogP contribution in [0.3, 0.4) is 0 Å². The molecule has 1 aliphatic heterocycles. The summed E-state index contributed by atoms with van der Waals surface area (Å²) in [6.07, 6.45) is -4.13. The monoisotopic (exact) mass is 565 g/mol. The fraction of sp³-hybridized carbons (Fsp3) is 0.300. The number of pyridine rings is 1. The van der Waals surface area contributed by atoms with Gasteiger partial charge in [0.05, 0.1) is 22.5 Å². The Bertz CT molecular complexity index is 1570. The van der Waals surface area contributed by atoms with Crippen LogP contribution in [0.15, 0.2) is 59.5 Å². The van der Waals surface area contributed by atoms with Crippen molar-refractivity contribution in [2.75, 3.05) is 43.4 Å². The number of nitrogens with zero attached hydrogens (tertiary/aromatic N) is 2. The molecule has 1 fully saturated rings. The lowest BCUT2D eigenvalue weighted by atomic mass is 10.1. The van der Waals surface area contributed by atoms with E-state index in [1.54, 1.807) is 42.5 Å². The van der Waals surface area contributed by atoms with E-state index in [9.17, 15) is 27.6 Å². The molecule has 1 saturated heterocycles. The second kappa shape index (κ2) is 12.3. The van der Waals surface area contributed by atoms with Crippen LogP contribution in [-0.2, 0) is 6.18 Å². The standard InChI is InChI=1S/C30H30F3N5O3/c1-4-34-28(40)22-7-5-6-20(14-22)8-9-21-10-11-26(38-13-12-37(3)19(2)18-38)25(15-21)36-29(41)23-17-35-27(39)16-24(23)30(31,32)33/h5-7,10-11,14-17,19H,4,12-13,18H2,1-3H3,(H,34,40)(H,35,39)(H,36,41)/t19-/m0/s1. The Kier molecular flexibility index (Phi) is 8.83. The second-order valence-corrected chi connectivity index (χ2v) is 9.77. The number of carbonyl (C=O) groups excluding carboxylic acids is 2. The first-order chi connectivity index (χ1) is 19.5. The molecule has 0 radical (unpaired) electrons. The quantitative estimate of drug-likeness (QED) is 0.408. The van der Waals surface area contributed by atoms with Crippen molar-refractivity contribution in [3.05, 3.63) is 92.9 Å². The Morgan fingerprint density at radius 1 is 1.05 bits per heavy atom. The van der Waals surface area contributed by atoms with Gasteiger partial charge in [-0.1, -0.05) is 17.9 Å². The molecule has 41 heavy (non-hydrogen) atoms. The van der Waals surface area contributed by atoms with Gasteiger partial charge in [-0.05, 0) is 57.3 Å². The Labute approximate surface area is 235 Å². The van der Waals surface area contributed by atoms with Gasteiger partial charge in [-0.3, -0.25) is 14.4 Å². The lowest BCUT2D eigenvalue weighted by Gasteiger charge is -2.39. The molecule has 0 aliphatic carbocycles. The molecule has 0 spiro atoms. The van der Waals surface area contributed by atoms with Crippen LogP contribution >= 0.6 is 0 Å². The minimum Gasteiger partial charge on any atom is -0.367 e. The third kappa shape index (κ3) is 7.15. The molecule has 1 atom stereocenters. The summed E-state index contributed by atoms with van der Waals surface area (Å²) in [7, 11) is 2.01. The number of aromatic nitrogens is 1. The van der Waals surface area contributed by atoms with E-state index < -0.39 is 28.8 Å². The fourth-order valence-electron chi connectivity index (χ4n) is 4.49. The SMILES string of the molecule is CCNC(=O)c1cccc(C#Cc2ccc(N3CCN(C)[C@@H](C)C3)c(NC(=O)c3c[nH]c(=O)cc3C(F)(F)F)c2)c1. The highest BCUT2D eigenvalue weighted by Gasteiger charge is 2.36. The zero-order chi connectivity index (χ0) is 29.7. The van der Waals surface area contributed by atoms with Crippen LogP contribution in [0.1, 0.15) is 51.3 Å². The van der Waals surface area contributed by atoms with Crippen molar-refractivity contribution in [3.63, 3.8) is 0 Å². The van der Waals surface area contributed by atoms with Crippen LogP contribution in [0.5, 0.6) is 0 Å². The number of piperazine rings is 1. The number of H-pyrrole nitrogens is 1. The summed E-state index contributed by atoms with van der Waals surface area (Å²) in [5, 5.41) is 5.36. The van der Waals surface area contributed by atoms with E-state index in [0.717, 1.165) is 12.7 Å². The predicted molar refractivity (Wildman–Crippen MR) is 151 cm³/mol. The number of likely N-dealkylation sites (N-methyl/N-ethyl adjacent to an activating group) is 1. The molecular formula is C30H30F3N5O3. The topological polar surface area (TPSA) is 97.5 Å². The number of halogens is 3. The number of rotatable bonds is 5. The highest BCUT2D eigenvalue weighted by Crippen LogP contribution is 2.33. The molecule has 8 nitrogen and oxygen atoms in total. The molecule has 3 N–H and O–H groups in total. The van der Waals surface area contributed by atoms with E-state index in [1.807, 2.05) is 14.0 Å². The first-order valence-corrected chi connectivity index (χ1v) is 13.1. The molecule has 1 aromatic heterocycles. The van der Waals surface area contributed by atoms with Gasteiger partial charge in [0.25, 0.3) is 11.8 Å². The predicted octanol–water partition coefficient (Wildman–Crippen LogP) is 3.94. The van der Waals surface area contributed by atoms with Gasteiger partial charge in [0, 0.05) is 61.2 Å². The van der Waals surface area contributed by atoms with Crippen molar-refractivity contribution in [3.8, 4) is 11.8 Å². The number of carbonyl (C=O) groups is 2. The molecule has 0 bridgehead atoms. The molecule has 4 rings (SSSR count). The molecular weight excluding hydrogens is 535 g/mol. The van der Waals surface area contributed by atoms with Crippen molar-refractivity contribution in [2.24, 2.45) is 0 Å². The van der Waals surface area contributed by atoms with Crippen molar-refractivity contribution in [1.82, 2.24) is 15.2 Å². The van der Waals surface area contributed by atoms with E-state index in [0.29, 0.717) is 48.1 Å². The van der Waals surface area contributed by atoms with Gasteiger partial charge < -0.3 is 25.4 Å². The molecule has 0 saturated carbocycles. The Morgan fingerprint density at radius 2 is 1.78 bits per heavy atom. The average molecular weight is 566 g/mol. The molecule has 3 aromatic rings. The Hall–Kier alpha value is -4.56. The van der Waals surface area contributed by atoms with Gasteiger partial charge in [0.1, 0.15) is 0 Å². The van der Waals surface area contributed by atoms with E-state index in [-0.39, 0.29) is 17.6 Å². The highest BCUT2D eigenvalue weighted by atomic mass is 19.4. The van der Waals surface area contributed by atoms with E-state index >= 15 is 0 Å². The van der Waals surface area contributed by atoms with Crippen LogP contribution in [0.4, 0.5) is 24.5 Å². The summed E-state index contributed by atoms with van der Waals surface area (Å²) in [5.74, 6) is 4.79. The number of alkyl halides is 3. The Morgan fingerprint density at radius 3 is 2.46 bits per heavy atom. The number of hydrogen-bond donors (Lipinski definition) is 3. The first-order valence-electron chi connectivity index (χ1n) is 13.1. The van der Waals surface area contributed by atoms with Crippen LogP contribution in [0.25, 0.3) is 0 Å². The summed E-state index contributed by atoms with van der Waals surface area (Å²) < 4.78 is 40.9. The van der Waals surface area contributed by atoms with E-state index in [2.05, 4.69) is 44.2 Å². The number of amides is 2. The minimum atomic E-state index is -4.90. The van der Waals surface area contributed by atoms with Crippen molar-refractivity contribution < 1.29 is 22.8 Å². The van der Waals surface area contributed by atoms with E-state index in [1.165, 1.54) is 0 Å². The van der Waals surface area contributed by atoms with Crippen molar-refractivity contribution in [2.45, 2.75) is 26.1 Å². The molecule has 214 valence electrons. The third-order valence-electron chi connectivity index (χ3n) is 6.83. The lowest BCUT2D eigenvalue weighted by Crippen LogP contribution is -2.50. The minimum absolute atomic E-state index is 0.208. The molecule has 2 heterocycles. The summed E-state index contributed by atoms with van der Waals surface area (Å²) in [4.78, 5) is 43.3. The summed E-state index contributed by atoms with van der Waals surface area (Å²) in [5.41, 5.74) is -0.493.